The standard InChI is InChI=1S/C57H55BN2O/c1-54(2,3)34-20-25-37(26-21-34)59-48-29-24-36(56(7,8)9)30-47(48)58-51-43(32-44-40-17-13-15-19-50(40)61-53(44)52(51)59)42-31-41-39-16-12-14-18-45(39)57(10,11)46(41)33-49(42)60(58)38-27-22-35(23-28-38)55(4,5)6/h12-33H,1-11H3. The number of anilines is 5. The fraction of sp³-hybridized carbons (Fsp3) is 0.263. The van der Waals surface area contributed by atoms with Crippen LogP contribution in [0.2, 0.25) is 0 Å². The van der Waals surface area contributed by atoms with Crippen molar-refractivity contribution in [2.75, 3.05) is 9.71 Å². The summed E-state index contributed by atoms with van der Waals surface area (Å²) in [5.41, 5.74) is 22.0. The Bertz CT molecular complexity index is 3110. The molecule has 0 spiro atoms. The molecule has 3 heterocycles. The zero-order chi connectivity index (χ0) is 42.5. The van der Waals surface area contributed by atoms with E-state index in [0.717, 1.165) is 33.3 Å². The molecule has 0 saturated heterocycles. The number of benzene rings is 7. The van der Waals surface area contributed by atoms with Crippen LogP contribution in [0.1, 0.15) is 104 Å². The molecule has 11 rings (SSSR count). The average Bonchev–Trinajstić information content (AvgIpc) is 3.70. The Balaban J connectivity index is 1.31. The van der Waals surface area contributed by atoms with Crippen molar-refractivity contribution in [2.24, 2.45) is 0 Å². The molecule has 302 valence electrons. The summed E-state index contributed by atoms with van der Waals surface area (Å²) in [6, 6.07) is 51.1. The van der Waals surface area contributed by atoms with Gasteiger partial charge in [0, 0.05) is 44.5 Å². The first-order valence-electron chi connectivity index (χ1n) is 22.1. The zero-order valence-corrected chi connectivity index (χ0v) is 37.6. The monoisotopic (exact) mass is 794 g/mol. The van der Waals surface area contributed by atoms with E-state index in [1.54, 1.807) is 0 Å². The van der Waals surface area contributed by atoms with Crippen LogP contribution >= 0.6 is 0 Å². The molecule has 8 aromatic rings. The van der Waals surface area contributed by atoms with E-state index in [0.29, 0.717) is 0 Å². The average molecular weight is 795 g/mol. The van der Waals surface area contributed by atoms with E-state index >= 15 is 0 Å². The van der Waals surface area contributed by atoms with Crippen LogP contribution in [0.3, 0.4) is 0 Å². The Morgan fingerprint density at radius 3 is 1.77 bits per heavy atom. The van der Waals surface area contributed by atoms with Crippen molar-refractivity contribution in [2.45, 2.75) is 97.8 Å². The first-order valence-corrected chi connectivity index (χ1v) is 22.1. The van der Waals surface area contributed by atoms with Crippen LogP contribution in [0, 0.1) is 0 Å². The lowest BCUT2D eigenvalue weighted by Gasteiger charge is -2.46. The predicted octanol–water partition coefficient (Wildman–Crippen LogP) is 14.5. The fourth-order valence-electron chi connectivity index (χ4n) is 10.6. The number of nitrogens with zero attached hydrogens (tertiary/aromatic N) is 2. The van der Waals surface area contributed by atoms with Crippen LogP contribution < -0.4 is 20.6 Å². The van der Waals surface area contributed by atoms with Crippen LogP contribution in [0.15, 0.2) is 138 Å². The summed E-state index contributed by atoms with van der Waals surface area (Å²) in [7, 11) is 0. The second-order valence-electron chi connectivity index (χ2n) is 21.5. The van der Waals surface area contributed by atoms with E-state index < -0.39 is 0 Å². The van der Waals surface area contributed by atoms with Gasteiger partial charge in [0.25, 0.3) is 0 Å². The third kappa shape index (κ3) is 5.50. The van der Waals surface area contributed by atoms with E-state index in [2.05, 4.69) is 219 Å². The summed E-state index contributed by atoms with van der Waals surface area (Å²) in [5, 5.41) is 2.28. The third-order valence-electron chi connectivity index (χ3n) is 14.1. The Labute approximate surface area is 362 Å². The Kier molecular flexibility index (Phi) is 7.80. The molecule has 7 aromatic carbocycles. The minimum atomic E-state index is -0.154. The predicted molar refractivity (Wildman–Crippen MR) is 261 cm³/mol. The lowest BCUT2D eigenvalue weighted by molar-refractivity contribution is 0.590. The third-order valence-corrected chi connectivity index (χ3v) is 14.1. The Morgan fingerprint density at radius 1 is 0.492 bits per heavy atom. The summed E-state index contributed by atoms with van der Waals surface area (Å²) in [6.07, 6.45) is 0. The minimum absolute atomic E-state index is 0.0309. The number of furan rings is 1. The van der Waals surface area contributed by atoms with Gasteiger partial charge in [0.2, 0.25) is 0 Å². The summed E-state index contributed by atoms with van der Waals surface area (Å²) < 4.78 is 7.12. The molecule has 61 heavy (non-hydrogen) atoms. The molecule has 0 fully saturated rings. The van der Waals surface area contributed by atoms with Crippen LogP contribution in [0.4, 0.5) is 28.4 Å². The van der Waals surface area contributed by atoms with Gasteiger partial charge in [0.1, 0.15) is 5.58 Å². The second kappa shape index (κ2) is 12.5. The molecule has 4 heteroatoms. The molecule has 3 aliphatic rings. The molecule has 0 atom stereocenters. The maximum atomic E-state index is 7.12. The van der Waals surface area contributed by atoms with E-state index in [-0.39, 0.29) is 28.5 Å². The minimum Gasteiger partial charge on any atom is -0.454 e. The largest absolute Gasteiger partial charge is 0.454 e. The van der Waals surface area contributed by atoms with Gasteiger partial charge in [0.05, 0.1) is 5.69 Å². The molecule has 3 nitrogen and oxygen atoms in total. The maximum absolute atomic E-state index is 7.12. The smallest absolute Gasteiger partial charge is 0.333 e. The molecule has 0 bridgehead atoms. The number of rotatable bonds is 2. The van der Waals surface area contributed by atoms with Gasteiger partial charge in [-0.1, -0.05) is 155 Å². The molecular formula is C57H55BN2O. The molecular weight excluding hydrogens is 739 g/mol. The SMILES string of the molecule is CC(C)(C)c1ccc(N2B3c4cc(C(C)(C)C)ccc4N(c4ccc(C(C)(C)C)cc4)c4c3c(cc3c4oc4ccccc43)-c3cc4c(cc32)C(C)(C)c2ccccc2-4)cc1. The van der Waals surface area contributed by atoms with Gasteiger partial charge in [-0.05, 0) is 126 Å². The van der Waals surface area contributed by atoms with Crippen molar-refractivity contribution in [3.8, 4) is 22.3 Å². The van der Waals surface area contributed by atoms with Gasteiger partial charge >= 0.3 is 6.85 Å². The highest BCUT2D eigenvalue weighted by Gasteiger charge is 2.48. The van der Waals surface area contributed by atoms with Crippen molar-refractivity contribution in [3.05, 3.63) is 161 Å². The molecule has 0 N–H and O–H groups in total. The molecule has 1 aliphatic carbocycles. The van der Waals surface area contributed by atoms with Crippen LogP contribution in [0.5, 0.6) is 0 Å². The lowest BCUT2D eigenvalue weighted by Crippen LogP contribution is -2.61. The van der Waals surface area contributed by atoms with Gasteiger partial charge in [-0.3, -0.25) is 0 Å². The number of hydrogen-bond donors (Lipinski definition) is 0. The number of hydrogen-bond acceptors (Lipinski definition) is 3. The highest BCUT2D eigenvalue weighted by molar-refractivity contribution is 6.94. The topological polar surface area (TPSA) is 19.6 Å². The summed E-state index contributed by atoms with van der Waals surface area (Å²) in [5.74, 6) is 0. The molecule has 0 saturated carbocycles. The Morgan fingerprint density at radius 2 is 1.10 bits per heavy atom. The normalized spacial score (nSPS) is 15.2. The fourth-order valence-corrected chi connectivity index (χ4v) is 10.6. The first-order chi connectivity index (χ1) is 28.9. The van der Waals surface area contributed by atoms with Crippen LogP contribution in [0.25, 0.3) is 44.2 Å². The maximum Gasteiger partial charge on any atom is 0.333 e. The summed E-state index contributed by atoms with van der Waals surface area (Å²) >= 11 is 0. The van der Waals surface area contributed by atoms with Gasteiger partial charge in [-0.2, -0.15) is 0 Å². The van der Waals surface area contributed by atoms with Crippen molar-refractivity contribution in [3.63, 3.8) is 0 Å². The summed E-state index contributed by atoms with van der Waals surface area (Å²) in [6.45, 7) is 25.4. The Hall–Kier alpha value is -6.00. The molecule has 0 radical (unpaired) electrons. The lowest BCUT2D eigenvalue weighted by atomic mass is 9.43. The van der Waals surface area contributed by atoms with E-state index in [1.807, 2.05) is 0 Å². The van der Waals surface area contributed by atoms with Crippen molar-refractivity contribution < 1.29 is 4.42 Å². The quantitative estimate of drug-likeness (QED) is 0.163. The highest BCUT2D eigenvalue weighted by Crippen LogP contribution is 2.56. The molecule has 0 amide bonds. The van der Waals surface area contributed by atoms with E-state index in [4.69, 9.17) is 4.42 Å². The van der Waals surface area contributed by atoms with Gasteiger partial charge < -0.3 is 14.1 Å². The van der Waals surface area contributed by atoms with Gasteiger partial charge in [-0.15, -0.1) is 0 Å². The van der Waals surface area contributed by atoms with Crippen molar-refractivity contribution in [1.82, 2.24) is 0 Å². The first kappa shape index (κ1) is 38.0. The summed E-state index contributed by atoms with van der Waals surface area (Å²) in [4.78, 5) is 5.19. The number of para-hydroxylation sites is 1. The van der Waals surface area contributed by atoms with Crippen LogP contribution in [-0.4, -0.2) is 6.85 Å². The van der Waals surface area contributed by atoms with Gasteiger partial charge in [0.15, 0.2) is 5.58 Å². The van der Waals surface area contributed by atoms with Crippen molar-refractivity contribution in [1.29, 1.82) is 0 Å². The van der Waals surface area contributed by atoms with E-state index in [1.165, 1.54) is 78.1 Å². The number of fused-ring (bicyclic) bond motifs is 11. The molecule has 2 aliphatic heterocycles. The molecule has 0 unspecified atom stereocenters. The second-order valence-corrected chi connectivity index (χ2v) is 21.5. The van der Waals surface area contributed by atoms with Crippen molar-refractivity contribution >= 4 is 68.1 Å². The van der Waals surface area contributed by atoms with Crippen LogP contribution in [-0.2, 0) is 21.7 Å². The van der Waals surface area contributed by atoms with Gasteiger partial charge in [-0.25, -0.2) is 0 Å². The van der Waals surface area contributed by atoms with E-state index in [9.17, 15) is 0 Å². The zero-order valence-electron chi connectivity index (χ0n) is 37.6. The highest BCUT2D eigenvalue weighted by atomic mass is 16.3. The molecule has 1 aromatic heterocycles.